The summed E-state index contributed by atoms with van der Waals surface area (Å²) in [6.45, 7) is 0.0776. The largest absolute Gasteiger partial charge is 0.468 e. The van der Waals surface area contributed by atoms with Crippen molar-refractivity contribution in [2.45, 2.75) is 4.83 Å². The SMILES string of the molecule is COCOc1cc(Cl)ccc1C(Br)C(=O)OC. The predicted octanol–water partition coefficient (Wildman–Crippen LogP) is 2.93. The number of carbonyl (C=O) groups excluding carboxylic acids is 1. The van der Waals surface area contributed by atoms with Gasteiger partial charge < -0.3 is 14.2 Å². The lowest BCUT2D eigenvalue weighted by Gasteiger charge is -2.14. The molecule has 0 N–H and O–H groups in total. The van der Waals surface area contributed by atoms with E-state index in [9.17, 15) is 4.79 Å². The van der Waals surface area contributed by atoms with E-state index >= 15 is 0 Å². The van der Waals surface area contributed by atoms with Crippen LogP contribution < -0.4 is 4.74 Å². The van der Waals surface area contributed by atoms with Gasteiger partial charge in [0, 0.05) is 17.7 Å². The van der Waals surface area contributed by atoms with Crippen molar-refractivity contribution in [2.24, 2.45) is 0 Å². The van der Waals surface area contributed by atoms with Gasteiger partial charge in [0.25, 0.3) is 0 Å². The molecular formula is C11H12BrClO4. The molecule has 94 valence electrons. The van der Waals surface area contributed by atoms with Crippen molar-refractivity contribution < 1.29 is 19.0 Å². The lowest BCUT2D eigenvalue weighted by atomic mass is 10.1. The fraction of sp³-hybridized carbons (Fsp3) is 0.364. The van der Waals surface area contributed by atoms with Crippen molar-refractivity contribution >= 4 is 33.5 Å². The Morgan fingerprint density at radius 2 is 2.18 bits per heavy atom. The van der Waals surface area contributed by atoms with Gasteiger partial charge in [-0.3, -0.25) is 4.79 Å². The third-order valence-electron chi connectivity index (χ3n) is 1.99. The number of benzene rings is 1. The van der Waals surface area contributed by atoms with Crippen LogP contribution in [0.2, 0.25) is 5.02 Å². The van der Waals surface area contributed by atoms with E-state index in [2.05, 4.69) is 20.7 Å². The highest BCUT2D eigenvalue weighted by Gasteiger charge is 2.22. The van der Waals surface area contributed by atoms with E-state index in [0.29, 0.717) is 16.3 Å². The quantitative estimate of drug-likeness (QED) is 0.475. The van der Waals surface area contributed by atoms with Crippen LogP contribution in [0.4, 0.5) is 0 Å². The summed E-state index contributed by atoms with van der Waals surface area (Å²) in [6, 6.07) is 4.99. The van der Waals surface area contributed by atoms with Gasteiger partial charge in [-0.2, -0.15) is 0 Å². The molecule has 0 saturated heterocycles. The highest BCUT2D eigenvalue weighted by Crippen LogP contribution is 2.34. The first-order valence-electron chi connectivity index (χ1n) is 4.73. The minimum Gasteiger partial charge on any atom is -0.468 e. The van der Waals surface area contributed by atoms with E-state index in [-0.39, 0.29) is 6.79 Å². The molecule has 0 aliphatic heterocycles. The molecule has 0 radical (unpaired) electrons. The average Bonchev–Trinajstić information content (AvgIpc) is 2.34. The van der Waals surface area contributed by atoms with E-state index < -0.39 is 10.8 Å². The fourth-order valence-electron chi connectivity index (χ4n) is 1.20. The maximum absolute atomic E-state index is 11.4. The Labute approximate surface area is 113 Å². The third-order valence-corrected chi connectivity index (χ3v) is 3.09. The number of hydrogen-bond acceptors (Lipinski definition) is 4. The third kappa shape index (κ3) is 3.87. The summed E-state index contributed by atoms with van der Waals surface area (Å²) in [5.41, 5.74) is 0.637. The predicted molar refractivity (Wildman–Crippen MR) is 67.6 cm³/mol. The number of methoxy groups -OCH3 is 2. The van der Waals surface area contributed by atoms with Gasteiger partial charge in [-0.25, -0.2) is 0 Å². The van der Waals surface area contributed by atoms with E-state index in [1.165, 1.54) is 14.2 Å². The number of carbonyl (C=O) groups is 1. The molecule has 1 rings (SSSR count). The summed E-state index contributed by atoms with van der Waals surface area (Å²) in [4.78, 5) is 10.8. The molecule has 0 aliphatic carbocycles. The van der Waals surface area contributed by atoms with Crippen LogP contribution in [0.25, 0.3) is 0 Å². The molecule has 0 heterocycles. The Hall–Kier alpha value is -0.780. The van der Waals surface area contributed by atoms with Gasteiger partial charge in [0.15, 0.2) is 6.79 Å². The van der Waals surface area contributed by atoms with E-state index in [1.54, 1.807) is 18.2 Å². The Morgan fingerprint density at radius 3 is 2.76 bits per heavy atom. The first-order valence-corrected chi connectivity index (χ1v) is 6.02. The van der Waals surface area contributed by atoms with Gasteiger partial charge >= 0.3 is 5.97 Å². The Morgan fingerprint density at radius 1 is 1.47 bits per heavy atom. The minimum absolute atomic E-state index is 0.0776. The number of rotatable bonds is 5. The molecule has 0 aromatic heterocycles. The lowest BCUT2D eigenvalue weighted by Crippen LogP contribution is -2.10. The van der Waals surface area contributed by atoms with Crippen molar-refractivity contribution in [1.29, 1.82) is 0 Å². The first-order chi connectivity index (χ1) is 8.10. The Balaban J connectivity index is 3.00. The van der Waals surface area contributed by atoms with Crippen molar-refractivity contribution in [1.82, 2.24) is 0 Å². The van der Waals surface area contributed by atoms with Crippen LogP contribution in [-0.4, -0.2) is 27.0 Å². The van der Waals surface area contributed by atoms with Crippen LogP contribution in [0.3, 0.4) is 0 Å². The summed E-state index contributed by atoms with van der Waals surface area (Å²) in [5.74, 6) is 0.0706. The second-order valence-electron chi connectivity index (χ2n) is 3.12. The maximum atomic E-state index is 11.4. The molecule has 17 heavy (non-hydrogen) atoms. The summed E-state index contributed by atoms with van der Waals surface area (Å²) < 4.78 is 14.8. The van der Waals surface area contributed by atoms with E-state index in [1.807, 2.05) is 0 Å². The highest BCUT2D eigenvalue weighted by molar-refractivity contribution is 9.09. The van der Waals surface area contributed by atoms with Gasteiger partial charge in [-0.15, -0.1) is 0 Å². The Bertz CT molecular complexity index is 397. The van der Waals surface area contributed by atoms with E-state index in [4.69, 9.17) is 21.1 Å². The Kier molecular flexibility index (Phi) is 5.74. The normalized spacial score (nSPS) is 12.0. The smallest absolute Gasteiger partial charge is 0.324 e. The zero-order valence-corrected chi connectivity index (χ0v) is 11.7. The van der Waals surface area contributed by atoms with Gasteiger partial charge in [0.05, 0.1) is 7.11 Å². The molecule has 0 spiro atoms. The average molecular weight is 324 g/mol. The standard InChI is InChI=1S/C11H12BrClO4/c1-15-6-17-9-5-7(13)3-4-8(9)10(12)11(14)16-2/h3-5,10H,6H2,1-2H3. The van der Waals surface area contributed by atoms with Crippen LogP contribution in [0, 0.1) is 0 Å². The molecule has 1 aromatic carbocycles. The van der Waals surface area contributed by atoms with Gasteiger partial charge in [0.2, 0.25) is 0 Å². The fourth-order valence-corrected chi connectivity index (χ4v) is 1.92. The van der Waals surface area contributed by atoms with Crippen LogP contribution in [0.5, 0.6) is 5.75 Å². The number of alkyl halides is 1. The number of esters is 1. The lowest BCUT2D eigenvalue weighted by molar-refractivity contribution is -0.139. The number of halogens is 2. The topological polar surface area (TPSA) is 44.8 Å². The summed E-state index contributed by atoms with van der Waals surface area (Å²) >= 11 is 9.10. The van der Waals surface area contributed by atoms with Gasteiger partial charge in [0.1, 0.15) is 10.6 Å². The molecule has 1 unspecified atom stereocenters. The second-order valence-corrected chi connectivity index (χ2v) is 4.47. The maximum Gasteiger partial charge on any atom is 0.324 e. The zero-order valence-electron chi connectivity index (χ0n) is 9.41. The summed E-state index contributed by atoms with van der Waals surface area (Å²) in [5, 5.41) is 0.518. The molecule has 0 aliphatic rings. The van der Waals surface area contributed by atoms with Crippen molar-refractivity contribution in [3.8, 4) is 5.75 Å². The zero-order chi connectivity index (χ0) is 12.8. The first kappa shape index (κ1) is 14.3. The molecule has 6 heteroatoms. The molecule has 0 amide bonds. The van der Waals surface area contributed by atoms with Crippen molar-refractivity contribution in [3.63, 3.8) is 0 Å². The molecule has 0 fully saturated rings. The van der Waals surface area contributed by atoms with Crippen LogP contribution >= 0.6 is 27.5 Å². The number of hydrogen-bond donors (Lipinski definition) is 0. The van der Waals surface area contributed by atoms with Crippen molar-refractivity contribution in [3.05, 3.63) is 28.8 Å². The molecule has 1 aromatic rings. The monoisotopic (exact) mass is 322 g/mol. The number of ether oxygens (including phenoxy) is 3. The molecule has 1 atom stereocenters. The van der Waals surface area contributed by atoms with Crippen LogP contribution in [0.1, 0.15) is 10.4 Å². The van der Waals surface area contributed by atoms with Crippen LogP contribution in [0.15, 0.2) is 18.2 Å². The van der Waals surface area contributed by atoms with Gasteiger partial charge in [-0.1, -0.05) is 33.6 Å². The highest BCUT2D eigenvalue weighted by atomic mass is 79.9. The van der Waals surface area contributed by atoms with Gasteiger partial charge in [-0.05, 0) is 12.1 Å². The molecular weight excluding hydrogens is 311 g/mol. The van der Waals surface area contributed by atoms with Crippen LogP contribution in [-0.2, 0) is 14.3 Å². The summed E-state index contributed by atoms with van der Waals surface area (Å²) in [6.07, 6.45) is 0. The molecule has 0 bridgehead atoms. The van der Waals surface area contributed by atoms with E-state index in [0.717, 1.165) is 0 Å². The molecule has 4 nitrogen and oxygen atoms in total. The second kappa shape index (κ2) is 6.83. The molecule has 0 saturated carbocycles. The minimum atomic E-state index is -0.600. The summed E-state index contributed by atoms with van der Waals surface area (Å²) in [7, 11) is 2.83. The van der Waals surface area contributed by atoms with Crippen molar-refractivity contribution in [2.75, 3.05) is 21.0 Å².